The molecule has 0 fully saturated rings. The number of aliphatic hydroxyl groups is 1. The molecule has 3 nitrogen and oxygen atoms in total. The van der Waals surface area contributed by atoms with Gasteiger partial charge in [0.2, 0.25) is 0 Å². The number of alkyl halides is 3. The normalized spacial score (nSPS) is 15.2. The van der Waals surface area contributed by atoms with Gasteiger partial charge in [0.15, 0.2) is 0 Å². The number of nitrogens with one attached hydrogen (secondary N) is 1. The lowest BCUT2D eigenvalue weighted by Gasteiger charge is -2.37. The molecule has 1 aromatic rings. The predicted molar refractivity (Wildman–Crippen MR) is 77.1 cm³/mol. The average Bonchev–Trinajstić information content (AvgIpc) is 2.44. The zero-order valence-electron chi connectivity index (χ0n) is 12.5. The second kappa shape index (κ2) is 7.77. The second-order valence-electron chi connectivity index (χ2n) is 5.18. The van der Waals surface area contributed by atoms with Crippen LogP contribution in [0.2, 0.25) is 0 Å². The Hall–Kier alpha value is -1.11. The van der Waals surface area contributed by atoms with Crippen LogP contribution in [0.4, 0.5) is 13.2 Å². The molecular weight excluding hydrogens is 281 g/mol. The number of hydrogen-bond acceptors (Lipinski definition) is 3. The van der Waals surface area contributed by atoms with Gasteiger partial charge < -0.3 is 10.4 Å². The Morgan fingerprint density at radius 2 is 1.76 bits per heavy atom. The first-order chi connectivity index (χ1) is 9.87. The van der Waals surface area contributed by atoms with Gasteiger partial charge in [0.05, 0.1) is 18.7 Å². The highest BCUT2D eigenvalue weighted by Gasteiger charge is 2.36. The van der Waals surface area contributed by atoms with E-state index >= 15 is 0 Å². The Balaban J connectivity index is 2.99. The quantitative estimate of drug-likeness (QED) is 0.774. The van der Waals surface area contributed by atoms with Gasteiger partial charge in [-0.25, -0.2) is 0 Å². The third kappa shape index (κ3) is 5.30. The van der Waals surface area contributed by atoms with Crippen molar-refractivity contribution in [1.29, 1.82) is 0 Å². The first kappa shape index (κ1) is 17.9. The lowest BCUT2D eigenvalue weighted by molar-refractivity contribution is -0.148. The van der Waals surface area contributed by atoms with Crippen LogP contribution in [-0.4, -0.2) is 49.5 Å². The van der Waals surface area contributed by atoms with Crippen molar-refractivity contribution in [3.05, 3.63) is 35.9 Å². The van der Waals surface area contributed by atoms with Crippen LogP contribution in [0.25, 0.3) is 0 Å². The number of likely N-dealkylation sites (N-methyl/N-ethyl adjacent to an activating group) is 1. The molecule has 1 aromatic carbocycles. The molecule has 0 spiro atoms. The van der Waals surface area contributed by atoms with E-state index in [0.29, 0.717) is 13.0 Å². The summed E-state index contributed by atoms with van der Waals surface area (Å²) in [6.07, 6.45) is -3.63. The number of rotatable bonds is 8. The van der Waals surface area contributed by atoms with Crippen LogP contribution in [0.5, 0.6) is 0 Å². The number of halogens is 3. The molecule has 21 heavy (non-hydrogen) atoms. The van der Waals surface area contributed by atoms with Crippen LogP contribution >= 0.6 is 0 Å². The molecule has 0 amide bonds. The molecule has 0 aliphatic carbocycles. The fraction of sp³-hybridized carbons (Fsp3) is 0.600. The monoisotopic (exact) mass is 304 g/mol. The SMILES string of the molecule is CCCN(CC(F)(F)F)CC(CO)(NC)c1ccccc1. The summed E-state index contributed by atoms with van der Waals surface area (Å²) in [6.45, 7) is 1.02. The molecule has 0 radical (unpaired) electrons. The molecule has 0 aromatic heterocycles. The predicted octanol–water partition coefficient (Wildman–Crippen LogP) is 2.37. The maximum Gasteiger partial charge on any atom is 0.401 e. The molecule has 0 aliphatic rings. The zero-order chi connectivity index (χ0) is 15.9. The summed E-state index contributed by atoms with van der Waals surface area (Å²) in [4.78, 5) is 1.33. The van der Waals surface area contributed by atoms with Crippen LogP contribution in [0.3, 0.4) is 0 Å². The summed E-state index contributed by atoms with van der Waals surface area (Å²) in [5, 5.41) is 12.8. The molecule has 0 saturated carbocycles. The Morgan fingerprint density at radius 3 is 2.19 bits per heavy atom. The summed E-state index contributed by atoms with van der Waals surface area (Å²) >= 11 is 0. The van der Waals surface area contributed by atoms with Crippen molar-refractivity contribution in [2.45, 2.75) is 25.1 Å². The number of benzene rings is 1. The topological polar surface area (TPSA) is 35.5 Å². The summed E-state index contributed by atoms with van der Waals surface area (Å²) in [5.41, 5.74) is -0.125. The lowest BCUT2D eigenvalue weighted by atomic mass is 9.90. The van der Waals surface area contributed by atoms with E-state index in [1.165, 1.54) is 4.90 Å². The van der Waals surface area contributed by atoms with Crippen molar-refractivity contribution in [1.82, 2.24) is 10.2 Å². The number of aliphatic hydroxyl groups excluding tert-OH is 1. The second-order valence-corrected chi connectivity index (χ2v) is 5.18. The molecule has 0 bridgehead atoms. The van der Waals surface area contributed by atoms with E-state index < -0.39 is 18.3 Å². The first-order valence-electron chi connectivity index (χ1n) is 7.01. The summed E-state index contributed by atoms with van der Waals surface area (Å²) in [7, 11) is 1.65. The van der Waals surface area contributed by atoms with Gasteiger partial charge in [0.1, 0.15) is 0 Å². The average molecular weight is 304 g/mol. The molecule has 0 aliphatic heterocycles. The highest BCUT2D eigenvalue weighted by Crippen LogP contribution is 2.24. The summed E-state index contributed by atoms with van der Waals surface area (Å²) in [6, 6.07) is 9.08. The van der Waals surface area contributed by atoms with E-state index in [2.05, 4.69) is 5.32 Å². The van der Waals surface area contributed by atoms with Crippen LogP contribution < -0.4 is 5.32 Å². The lowest BCUT2D eigenvalue weighted by Crippen LogP contribution is -2.53. The number of nitrogens with zero attached hydrogens (tertiary/aromatic N) is 1. The van der Waals surface area contributed by atoms with Gasteiger partial charge in [-0.3, -0.25) is 4.90 Å². The first-order valence-corrected chi connectivity index (χ1v) is 7.01. The van der Waals surface area contributed by atoms with Gasteiger partial charge in [-0.2, -0.15) is 13.2 Å². The Morgan fingerprint density at radius 1 is 1.14 bits per heavy atom. The Bertz CT molecular complexity index is 405. The Kier molecular flexibility index (Phi) is 6.64. The van der Waals surface area contributed by atoms with E-state index in [9.17, 15) is 18.3 Å². The van der Waals surface area contributed by atoms with Crippen molar-refractivity contribution in [3.63, 3.8) is 0 Å². The zero-order valence-corrected chi connectivity index (χ0v) is 12.5. The van der Waals surface area contributed by atoms with Gasteiger partial charge in [-0.15, -0.1) is 0 Å². The minimum atomic E-state index is -4.25. The maximum atomic E-state index is 12.7. The van der Waals surface area contributed by atoms with E-state index in [-0.39, 0.29) is 13.2 Å². The molecule has 0 saturated heterocycles. The van der Waals surface area contributed by atoms with Gasteiger partial charge in [0.25, 0.3) is 0 Å². The molecular formula is C15H23F3N2O. The van der Waals surface area contributed by atoms with Crippen LogP contribution in [-0.2, 0) is 5.54 Å². The van der Waals surface area contributed by atoms with Gasteiger partial charge in [0, 0.05) is 6.54 Å². The van der Waals surface area contributed by atoms with Crippen molar-refractivity contribution in [3.8, 4) is 0 Å². The maximum absolute atomic E-state index is 12.7. The fourth-order valence-corrected chi connectivity index (χ4v) is 2.46. The van der Waals surface area contributed by atoms with E-state index in [0.717, 1.165) is 5.56 Å². The molecule has 0 heterocycles. The molecule has 1 unspecified atom stereocenters. The van der Waals surface area contributed by atoms with Gasteiger partial charge in [-0.05, 0) is 25.6 Å². The van der Waals surface area contributed by atoms with Crippen LogP contribution in [0.15, 0.2) is 30.3 Å². The minimum absolute atomic E-state index is 0.0946. The molecule has 6 heteroatoms. The van der Waals surface area contributed by atoms with Crippen LogP contribution in [0.1, 0.15) is 18.9 Å². The van der Waals surface area contributed by atoms with Gasteiger partial charge >= 0.3 is 6.18 Å². The third-order valence-electron chi connectivity index (χ3n) is 3.51. The largest absolute Gasteiger partial charge is 0.401 e. The van der Waals surface area contributed by atoms with E-state index in [1.54, 1.807) is 7.05 Å². The van der Waals surface area contributed by atoms with E-state index in [4.69, 9.17) is 0 Å². The Labute approximate surface area is 123 Å². The van der Waals surface area contributed by atoms with Crippen LogP contribution in [0, 0.1) is 0 Å². The third-order valence-corrected chi connectivity index (χ3v) is 3.51. The summed E-state index contributed by atoms with van der Waals surface area (Å²) in [5.74, 6) is 0. The van der Waals surface area contributed by atoms with Crippen molar-refractivity contribution >= 4 is 0 Å². The number of hydrogen-bond donors (Lipinski definition) is 2. The highest BCUT2D eigenvalue weighted by atomic mass is 19.4. The van der Waals surface area contributed by atoms with E-state index in [1.807, 2.05) is 37.3 Å². The van der Waals surface area contributed by atoms with Gasteiger partial charge in [-0.1, -0.05) is 37.3 Å². The summed E-state index contributed by atoms with van der Waals surface area (Å²) < 4.78 is 38.1. The smallest absolute Gasteiger partial charge is 0.394 e. The standard InChI is InChI=1S/C15H23F3N2O/c1-3-9-20(11-15(16,17)18)10-14(12-21,19-2)13-7-5-4-6-8-13/h4-8,19,21H,3,9-12H2,1-2H3. The van der Waals surface area contributed by atoms with Crippen molar-refractivity contribution in [2.24, 2.45) is 0 Å². The van der Waals surface area contributed by atoms with Crippen molar-refractivity contribution < 1.29 is 18.3 Å². The molecule has 120 valence electrons. The highest BCUT2D eigenvalue weighted by molar-refractivity contribution is 5.25. The molecule has 2 N–H and O–H groups in total. The van der Waals surface area contributed by atoms with Crippen molar-refractivity contribution in [2.75, 3.05) is 33.3 Å². The molecule has 1 atom stereocenters. The minimum Gasteiger partial charge on any atom is -0.394 e. The molecule has 1 rings (SSSR count). The fourth-order valence-electron chi connectivity index (χ4n) is 2.46.